The number of pyridine rings is 1. The number of para-hydroxylation sites is 1. The molecule has 0 radical (unpaired) electrons. The molecule has 3 unspecified atom stereocenters. The Kier molecular flexibility index (Phi) is 8.74. The van der Waals surface area contributed by atoms with E-state index in [1.54, 1.807) is 6.08 Å². The lowest BCUT2D eigenvalue weighted by atomic mass is 9.99. The van der Waals surface area contributed by atoms with Crippen LogP contribution >= 0.6 is 0 Å². The van der Waals surface area contributed by atoms with Crippen molar-refractivity contribution in [3.8, 4) is 0 Å². The maximum Gasteiger partial charge on any atom is 0.336 e. The minimum Gasteiger partial charge on any atom is -0.459 e. The van der Waals surface area contributed by atoms with Gasteiger partial charge in [-0.15, -0.1) is 0 Å². The number of fused-ring (bicyclic) bond motifs is 5. The summed E-state index contributed by atoms with van der Waals surface area (Å²) in [6.07, 6.45) is 1.61. The molecule has 4 heterocycles. The van der Waals surface area contributed by atoms with Crippen LogP contribution in [0.2, 0.25) is 0 Å². The molecule has 3 N–H and O–H groups in total. The molecule has 0 amide bonds. The van der Waals surface area contributed by atoms with Crippen molar-refractivity contribution in [1.82, 2.24) is 9.88 Å². The number of aliphatic hydroxyl groups excluding tert-OH is 3. The monoisotopic (exact) mass is 428 g/mol. The summed E-state index contributed by atoms with van der Waals surface area (Å²) in [5.41, 5.74) is 3.89. The quantitative estimate of drug-likeness (QED) is 0.438. The van der Waals surface area contributed by atoms with Crippen molar-refractivity contribution < 1.29 is 24.9 Å². The standard InChI is InChI=1S/C19H16N2O4.2C2H6.CH4O/c22-17-12-5-10(9-25-19(17)24)8-21-15(7-12)16-13(18(21)23)6-11-3-1-2-4-14(11)20-16;3*1-2/h1-7,12,17-18,22-23H,8-9H2;2*1-2H3;2H,1H3. The zero-order valence-electron chi connectivity index (χ0n) is 18.7. The van der Waals surface area contributed by atoms with Gasteiger partial charge in [-0.25, -0.2) is 9.78 Å². The van der Waals surface area contributed by atoms with Gasteiger partial charge >= 0.3 is 5.97 Å². The molecule has 3 atom stereocenters. The number of nitrogens with zero attached hydrogens (tertiary/aromatic N) is 2. The Morgan fingerprint density at radius 2 is 1.74 bits per heavy atom. The zero-order chi connectivity index (χ0) is 23.1. The summed E-state index contributed by atoms with van der Waals surface area (Å²) < 4.78 is 5.10. The second kappa shape index (κ2) is 11.0. The lowest BCUT2D eigenvalue weighted by Gasteiger charge is -2.25. The van der Waals surface area contributed by atoms with Gasteiger partial charge in [0, 0.05) is 30.5 Å². The molecule has 31 heavy (non-hydrogen) atoms. The van der Waals surface area contributed by atoms with Crippen LogP contribution in [-0.2, 0) is 9.53 Å². The number of cyclic esters (lactones) is 1. The molecule has 1 aromatic carbocycles. The molecule has 2 bridgehead atoms. The van der Waals surface area contributed by atoms with Crippen LogP contribution in [0.5, 0.6) is 0 Å². The summed E-state index contributed by atoms with van der Waals surface area (Å²) in [7, 11) is 1.00. The Hall–Kier alpha value is -2.74. The Balaban J connectivity index is 0.000000527. The predicted octanol–water partition coefficient (Wildman–Crippen LogP) is 3.02. The van der Waals surface area contributed by atoms with E-state index in [0.29, 0.717) is 12.2 Å². The summed E-state index contributed by atoms with van der Waals surface area (Å²) in [5, 5.41) is 29.0. The molecule has 1 aromatic heterocycles. The van der Waals surface area contributed by atoms with Crippen molar-refractivity contribution in [2.45, 2.75) is 40.0 Å². The first-order chi connectivity index (χ1) is 15.1. The van der Waals surface area contributed by atoms with E-state index in [1.807, 2.05) is 69.0 Å². The number of esters is 1. The second-order valence-corrected chi connectivity index (χ2v) is 6.63. The van der Waals surface area contributed by atoms with Gasteiger partial charge in [0.15, 0.2) is 12.3 Å². The Morgan fingerprint density at radius 3 is 2.45 bits per heavy atom. The van der Waals surface area contributed by atoms with Crippen LogP contribution in [0.25, 0.3) is 16.6 Å². The lowest BCUT2D eigenvalue weighted by molar-refractivity contribution is -0.153. The molecule has 3 aliphatic heterocycles. The highest BCUT2D eigenvalue weighted by molar-refractivity contribution is 5.85. The number of hydrogen-bond acceptors (Lipinski definition) is 7. The molecular weight excluding hydrogens is 396 g/mol. The van der Waals surface area contributed by atoms with E-state index >= 15 is 0 Å². The Labute approximate surface area is 183 Å². The van der Waals surface area contributed by atoms with Gasteiger partial charge in [0.1, 0.15) is 6.61 Å². The van der Waals surface area contributed by atoms with Gasteiger partial charge in [0.2, 0.25) is 0 Å². The average molecular weight is 429 g/mol. The first kappa shape index (κ1) is 24.5. The van der Waals surface area contributed by atoms with Crippen LogP contribution in [0.1, 0.15) is 45.2 Å². The van der Waals surface area contributed by atoms with E-state index in [4.69, 9.17) is 14.8 Å². The van der Waals surface area contributed by atoms with E-state index in [-0.39, 0.29) is 6.61 Å². The topological polar surface area (TPSA) is 103 Å². The second-order valence-electron chi connectivity index (χ2n) is 6.63. The smallest absolute Gasteiger partial charge is 0.336 e. The molecule has 168 valence electrons. The maximum absolute atomic E-state index is 11.8. The maximum atomic E-state index is 11.8. The van der Waals surface area contributed by atoms with E-state index in [0.717, 1.165) is 34.8 Å². The summed E-state index contributed by atoms with van der Waals surface area (Å²) >= 11 is 0. The van der Waals surface area contributed by atoms with Gasteiger partial charge in [-0.1, -0.05) is 52.0 Å². The van der Waals surface area contributed by atoms with Gasteiger partial charge in [0.25, 0.3) is 0 Å². The summed E-state index contributed by atoms with van der Waals surface area (Å²) in [6.45, 7) is 8.55. The largest absolute Gasteiger partial charge is 0.459 e. The zero-order valence-corrected chi connectivity index (χ0v) is 18.7. The van der Waals surface area contributed by atoms with Crippen LogP contribution < -0.4 is 0 Å². The Morgan fingerprint density at radius 1 is 1.06 bits per heavy atom. The van der Waals surface area contributed by atoms with E-state index in [2.05, 4.69) is 0 Å². The third-order valence-corrected chi connectivity index (χ3v) is 5.04. The van der Waals surface area contributed by atoms with Crippen molar-refractivity contribution in [3.05, 3.63) is 59.3 Å². The fraction of sp³-hybridized carbons (Fsp3) is 0.417. The normalized spacial score (nSPS) is 22.9. The molecule has 2 aromatic rings. The van der Waals surface area contributed by atoms with Gasteiger partial charge in [-0.05, 0) is 23.8 Å². The van der Waals surface area contributed by atoms with Crippen LogP contribution in [0.15, 0.2) is 48.1 Å². The first-order valence-corrected chi connectivity index (χ1v) is 10.7. The lowest BCUT2D eigenvalue weighted by Crippen LogP contribution is -2.30. The van der Waals surface area contributed by atoms with E-state index < -0.39 is 24.2 Å². The number of aromatic nitrogens is 1. The van der Waals surface area contributed by atoms with Crippen LogP contribution in [0.3, 0.4) is 0 Å². The van der Waals surface area contributed by atoms with Crippen molar-refractivity contribution in [2.75, 3.05) is 20.3 Å². The van der Waals surface area contributed by atoms with Gasteiger partial charge < -0.3 is 25.0 Å². The fourth-order valence-corrected chi connectivity index (χ4v) is 3.77. The number of ether oxygens (including phenoxy) is 1. The minimum absolute atomic E-state index is 0.127. The number of carbonyl (C=O) groups is 1. The Bertz CT molecular complexity index is 970. The molecular formula is C24H32N2O5. The van der Waals surface area contributed by atoms with Gasteiger partial charge in [-0.2, -0.15) is 0 Å². The highest BCUT2D eigenvalue weighted by Gasteiger charge is 2.39. The van der Waals surface area contributed by atoms with Crippen molar-refractivity contribution >= 4 is 22.6 Å². The number of carbonyl (C=O) groups excluding carboxylic acids is 1. The molecule has 0 aliphatic carbocycles. The van der Waals surface area contributed by atoms with E-state index in [9.17, 15) is 15.0 Å². The molecule has 7 nitrogen and oxygen atoms in total. The molecule has 0 fully saturated rings. The molecule has 0 saturated heterocycles. The molecule has 0 spiro atoms. The van der Waals surface area contributed by atoms with Gasteiger partial charge in [0.05, 0.1) is 16.9 Å². The highest BCUT2D eigenvalue weighted by Crippen LogP contribution is 2.43. The van der Waals surface area contributed by atoms with Gasteiger partial charge in [-0.3, -0.25) is 0 Å². The summed E-state index contributed by atoms with van der Waals surface area (Å²) in [6, 6.07) is 9.71. The minimum atomic E-state index is -1.24. The van der Waals surface area contributed by atoms with Crippen LogP contribution in [0, 0.1) is 5.92 Å². The van der Waals surface area contributed by atoms with E-state index in [1.165, 1.54) is 0 Å². The average Bonchev–Trinajstić information content (AvgIpc) is 2.97. The molecule has 7 heteroatoms. The molecule has 0 saturated carbocycles. The molecule has 3 aliphatic rings. The molecule has 5 rings (SSSR count). The van der Waals surface area contributed by atoms with Crippen molar-refractivity contribution in [1.29, 1.82) is 0 Å². The van der Waals surface area contributed by atoms with Crippen LogP contribution in [-0.4, -0.2) is 57.5 Å². The van der Waals surface area contributed by atoms with Crippen molar-refractivity contribution in [3.63, 3.8) is 0 Å². The summed E-state index contributed by atoms with van der Waals surface area (Å²) in [5.74, 6) is -1.11. The number of hydrogen-bond donors (Lipinski definition) is 3. The van der Waals surface area contributed by atoms with Crippen molar-refractivity contribution in [2.24, 2.45) is 5.92 Å². The number of rotatable bonds is 0. The number of benzene rings is 1. The fourth-order valence-electron chi connectivity index (χ4n) is 3.77. The van der Waals surface area contributed by atoms with Crippen LogP contribution in [0.4, 0.5) is 0 Å². The third-order valence-electron chi connectivity index (χ3n) is 5.04. The summed E-state index contributed by atoms with van der Waals surface area (Å²) in [4.78, 5) is 18.4. The highest BCUT2D eigenvalue weighted by atomic mass is 16.5. The first-order valence-electron chi connectivity index (χ1n) is 10.7. The predicted molar refractivity (Wildman–Crippen MR) is 121 cm³/mol. The SMILES string of the molecule is CC.CC.CO.O=C1OCC2=CC(C=C3c4nc5ccccc5cc4C(O)N3C2)C1O. The third kappa shape index (κ3) is 4.63. The number of aliphatic hydroxyl groups is 3.